The summed E-state index contributed by atoms with van der Waals surface area (Å²) in [6, 6.07) is 0. The largest absolute Gasteiger partial charge is 0.471 e. The third kappa shape index (κ3) is 10.2. The average Bonchev–Trinajstić information content (AvgIpc) is 2.57. The molecule has 0 aromatic rings. The van der Waals surface area contributed by atoms with Crippen molar-refractivity contribution in [3.63, 3.8) is 0 Å². The van der Waals surface area contributed by atoms with Crippen LogP contribution < -0.4 is 11.1 Å². The van der Waals surface area contributed by atoms with Crippen molar-refractivity contribution < 1.29 is 14.3 Å². The molecule has 3 N–H and O–H groups in total. The Kier molecular flexibility index (Phi) is 10.0. The van der Waals surface area contributed by atoms with E-state index in [1.54, 1.807) is 24.6 Å². The number of nitrogens with zero attached hydrogens (tertiary/aromatic N) is 2. The lowest BCUT2D eigenvalue weighted by Gasteiger charge is -1.93. The van der Waals surface area contributed by atoms with Crippen molar-refractivity contribution in [1.29, 1.82) is 0 Å². The molecule has 7 heteroatoms. The number of nitrogens with one attached hydrogen (secondary N) is 1. The van der Waals surface area contributed by atoms with Crippen LogP contribution in [0.5, 0.6) is 0 Å². The van der Waals surface area contributed by atoms with E-state index in [9.17, 15) is 4.79 Å². The Morgan fingerprint density at radius 2 is 1.71 bits per heavy atom. The molecule has 1 aliphatic rings. The normalized spacial score (nSPS) is 28.6. The van der Waals surface area contributed by atoms with Gasteiger partial charge in [0.15, 0.2) is 6.40 Å². The number of amides is 1. The molecule has 0 aliphatic carbocycles. The van der Waals surface area contributed by atoms with Gasteiger partial charge in [0.1, 0.15) is 12.0 Å². The van der Waals surface area contributed by atoms with E-state index in [2.05, 4.69) is 15.3 Å². The molecule has 124 valence electrons. The van der Waals surface area contributed by atoms with E-state index in [1.807, 2.05) is 24.3 Å². The smallest absolute Gasteiger partial charge is 0.267 e. The Balaban J connectivity index is 2.78. The monoisotopic (exact) mass is 326 g/mol. The maximum Gasteiger partial charge on any atom is 0.267 e. The summed E-state index contributed by atoms with van der Waals surface area (Å²) >= 11 is 0. The Labute approximate surface area is 140 Å². The second-order valence-electron chi connectivity index (χ2n) is 3.93. The number of carbonyl (C=O) groups is 1. The van der Waals surface area contributed by atoms with Crippen LogP contribution in [-0.2, 0) is 14.3 Å². The first kappa shape index (κ1) is 18.4. The molecule has 0 radical (unpaired) electrons. The molecule has 7 nitrogen and oxygen atoms in total. The Hall–Kier alpha value is -3.61. The van der Waals surface area contributed by atoms with Crippen LogP contribution in [0.2, 0.25) is 0 Å². The molecule has 0 fully saturated rings. The molecule has 0 saturated heterocycles. The predicted molar refractivity (Wildman–Crippen MR) is 94.4 cm³/mol. The zero-order valence-electron chi connectivity index (χ0n) is 12.9. The minimum absolute atomic E-state index is 0.0182. The van der Waals surface area contributed by atoms with Crippen molar-refractivity contribution in [2.75, 3.05) is 0 Å². The lowest BCUT2D eigenvalue weighted by Crippen LogP contribution is -2.21. The van der Waals surface area contributed by atoms with Crippen LogP contribution in [0.1, 0.15) is 0 Å². The van der Waals surface area contributed by atoms with Crippen molar-refractivity contribution in [3.8, 4) is 0 Å². The molecule has 0 spiro atoms. The fourth-order valence-electron chi connectivity index (χ4n) is 1.19. The highest BCUT2D eigenvalue weighted by atomic mass is 16.5. The number of rotatable bonds is 1. The topological polar surface area (TPSA) is 98.3 Å². The van der Waals surface area contributed by atoms with Crippen LogP contribution >= 0.6 is 0 Å². The minimum atomic E-state index is -0.690. The summed E-state index contributed by atoms with van der Waals surface area (Å²) in [7, 11) is 0. The highest BCUT2D eigenvalue weighted by Crippen LogP contribution is 1.88. The van der Waals surface area contributed by atoms with E-state index in [4.69, 9.17) is 15.2 Å². The molecule has 0 aromatic heterocycles. The highest BCUT2D eigenvalue weighted by molar-refractivity contribution is 6.42. The number of primary amides is 1. The molecule has 1 heterocycles. The van der Waals surface area contributed by atoms with Crippen LogP contribution in [0.4, 0.5) is 0 Å². The van der Waals surface area contributed by atoms with Crippen molar-refractivity contribution >= 4 is 18.0 Å². The molecule has 1 rings (SSSR count). The van der Waals surface area contributed by atoms with Crippen molar-refractivity contribution in [3.05, 3.63) is 86.1 Å². The summed E-state index contributed by atoms with van der Waals surface area (Å²) in [5, 5.41) is 2.87. The summed E-state index contributed by atoms with van der Waals surface area (Å²) in [6.07, 6.45) is 23.5. The molecule has 0 saturated carbocycles. The Morgan fingerprint density at radius 1 is 0.917 bits per heavy atom. The summed E-state index contributed by atoms with van der Waals surface area (Å²) in [4.78, 5) is 18.9. The SMILES string of the molecule is NC(=O)C1=N\C=C/N=C/O\C=C/C=C/C=C/C=C\N/C=C/O\C=C\1. The first-order valence-corrected chi connectivity index (χ1v) is 6.88. The van der Waals surface area contributed by atoms with Crippen molar-refractivity contribution in [2.24, 2.45) is 15.7 Å². The molecule has 0 unspecified atom stereocenters. The predicted octanol–water partition coefficient (Wildman–Crippen LogP) is 2.17. The van der Waals surface area contributed by atoms with Gasteiger partial charge in [-0.2, -0.15) is 0 Å². The van der Waals surface area contributed by atoms with Crippen LogP contribution in [0.3, 0.4) is 0 Å². The van der Waals surface area contributed by atoms with Gasteiger partial charge in [0.25, 0.3) is 5.91 Å². The van der Waals surface area contributed by atoms with Gasteiger partial charge in [0, 0.05) is 30.9 Å². The molecule has 0 aromatic carbocycles. The number of ether oxygens (including phenoxy) is 2. The minimum Gasteiger partial charge on any atom is -0.471 e. The number of allylic oxidation sites excluding steroid dienone is 6. The number of nitrogens with two attached hydrogens (primary N) is 1. The van der Waals surface area contributed by atoms with Crippen molar-refractivity contribution in [2.45, 2.75) is 0 Å². The average molecular weight is 326 g/mol. The molecule has 1 amide bonds. The van der Waals surface area contributed by atoms with E-state index in [0.717, 1.165) is 0 Å². The summed E-state index contributed by atoms with van der Waals surface area (Å²) in [5.41, 5.74) is 5.22. The first-order valence-electron chi connectivity index (χ1n) is 6.88. The van der Waals surface area contributed by atoms with E-state index in [-0.39, 0.29) is 5.71 Å². The molecular weight excluding hydrogens is 308 g/mol. The van der Waals surface area contributed by atoms with Gasteiger partial charge in [-0.1, -0.05) is 24.3 Å². The number of hydrogen-bond acceptors (Lipinski definition) is 6. The maximum absolute atomic E-state index is 11.2. The first-order chi connectivity index (χ1) is 11.8. The Morgan fingerprint density at radius 3 is 2.54 bits per heavy atom. The zero-order chi connectivity index (χ0) is 17.3. The number of aliphatic imine (C=N–C) groups is 2. The fourth-order valence-corrected chi connectivity index (χ4v) is 1.19. The molecule has 0 atom stereocenters. The lowest BCUT2D eigenvalue weighted by atomic mass is 10.3. The van der Waals surface area contributed by atoms with E-state index < -0.39 is 5.91 Å². The standard InChI is InChI=1S/C17H18N4O3/c18-17(22)16-7-13-23-14-11-19-8-5-3-1-2-4-6-12-24-15-20-9-10-21-16/h1-15,19H,(H2,18,22)/b3-1+,4-2+,8-5-,10-9-,12-6-,13-7+,14-11+,20-15+,21-16-. The summed E-state index contributed by atoms with van der Waals surface area (Å²) in [6.45, 7) is 0. The van der Waals surface area contributed by atoms with Crippen LogP contribution in [0.25, 0.3) is 0 Å². The third-order valence-corrected chi connectivity index (χ3v) is 2.19. The van der Waals surface area contributed by atoms with Gasteiger partial charge in [-0.3, -0.25) is 4.79 Å². The number of carbonyl (C=O) groups excluding carboxylic acids is 1. The summed E-state index contributed by atoms with van der Waals surface area (Å²) < 4.78 is 10.1. The maximum atomic E-state index is 11.2. The highest BCUT2D eigenvalue weighted by Gasteiger charge is 2.00. The van der Waals surface area contributed by atoms with Crippen LogP contribution in [0, 0.1) is 0 Å². The van der Waals surface area contributed by atoms with Gasteiger partial charge in [-0.05, 0) is 12.2 Å². The van der Waals surface area contributed by atoms with Gasteiger partial charge >= 0.3 is 0 Å². The van der Waals surface area contributed by atoms with Crippen LogP contribution in [-0.4, -0.2) is 18.0 Å². The second-order valence-corrected chi connectivity index (χ2v) is 3.93. The second kappa shape index (κ2) is 13.1. The van der Waals surface area contributed by atoms with E-state index in [1.165, 1.54) is 43.7 Å². The quantitative estimate of drug-likeness (QED) is 0.771. The van der Waals surface area contributed by atoms with E-state index >= 15 is 0 Å². The molecule has 24 heavy (non-hydrogen) atoms. The Bertz CT molecular complexity index is 651. The molecule has 0 bridgehead atoms. The van der Waals surface area contributed by atoms with Crippen molar-refractivity contribution in [1.82, 2.24) is 5.32 Å². The fraction of sp³-hybridized carbons (Fsp3) is 0. The van der Waals surface area contributed by atoms with Gasteiger partial charge in [-0.25, -0.2) is 9.98 Å². The third-order valence-electron chi connectivity index (χ3n) is 2.19. The van der Waals surface area contributed by atoms with Gasteiger partial charge in [0.2, 0.25) is 0 Å². The van der Waals surface area contributed by atoms with Gasteiger partial charge < -0.3 is 20.5 Å². The van der Waals surface area contributed by atoms with Crippen LogP contribution in [0.15, 0.2) is 96.1 Å². The molecular formula is C17H18N4O3. The lowest BCUT2D eigenvalue weighted by molar-refractivity contribution is -0.111. The molecule has 1 aliphatic heterocycles. The number of hydrogen-bond donors (Lipinski definition) is 2. The zero-order valence-corrected chi connectivity index (χ0v) is 12.9. The van der Waals surface area contributed by atoms with E-state index in [0.29, 0.717) is 0 Å². The van der Waals surface area contributed by atoms with Gasteiger partial charge in [0.05, 0.1) is 12.5 Å². The van der Waals surface area contributed by atoms with Gasteiger partial charge in [-0.15, -0.1) is 0 Å². The summed E-state index contributed by atoms with van der Waals surface area (Å²) in [5.74, 6) is -0.690.